The normalized spacial score (nSPS) is 16.3. The zero-order valence-corrected chi connectivity index (χ0v) is 16.0. The van der Waals surface area contributed by atoms with Gasteiger partial charge in [0.05, 0.1) is 0 Å². The van der Waals surface area contributed by atoms with E-state index in [1.165, 1.54) is 18.4 Å². The molecule has 0 atom stereocenters. The molecular weight excluding hydrogens is 397 g/mol. The number of aliphatic imine (C=N–C) groups is 1. The summed E-state index contributed by atoms with van der Waals surface area (Å²) in [6.45, 7) is 6.22. The first-order chi connectivity index (χ1) is 9.55. The highest BCUT2D eigenvalue weighted by Crippen LogP contribution is 2.48. The minimum Gasteiger partial charge on any atom is -0.356 e. The van der Waals surface area contributed by atoms with Crippen molar-refractivity contribution in [1.29, 1.82) is 0 Å². The molecule has 1 aliphatic rings. The second-order valence-corrected chi connectivity index (χ2v) is 6.43. The standard InChI is InChI=1S/C16H24ClN3.HI/c1-12(2)10-19-15(18-3)20-11-16(7-8-16)13-5-4-6-14(17)9-13;/h4-6,9,12H,7-8,10-11H2,1-3H3,(H2,18,19,20);1H. The fourth-order valence-corrected chi connectivity index (χ4v) is 2.50. The Balaban J connectivity index is 0.00000220. The Morgan fingerprint density at radius 1 is 1.33 bits per heavy atom. The molecule has 1 aromatic carbocycles. The molecule has 3 nitrogen and oxygen atoms in total. The minimum atomic E-state index is 0. The van der Waals surface area contributed by atoms with Crippen LogP contribution in [0.2, 0.25) is 5.02 Å². The lowest BCUT2D eigenvalue weighted by molar-refractivity contribution is 0.600. The number of nitrogens with one attached hydrogen (secondary N) is 2. The van der Waals surface area contributed by atoms with Gasteiger partial charge in [0.2, 0.25) is 0 Å². The summed E-state index contributed by atoms with van der Waals surface area (Å²) in [5, 5.41) is 7.60. The van der Waals surface area contributed by atoms with Gasteiger partial charge in [-0.15, -0.1) is 24.0 Å². The van der Waals surface area contributed by atoms with Crippen molar-refractivity contribution in [2.75, 3.05) is 20.1 Å². The summed E-state index contributed by atoms with van der Waals surface area (Å²) < 4.78 is 0. The second kappa shape index (κ2) is 8.22. The van der Waals surface area contributed by atoms with E-state index in [0.29, 0.717) is 5.92 Å². The van der Waals surface area contributed by atoms with E-state index in [0.717, 1.165) is 24.1 Å². The van der Waals surface area contributed by atoms with Crippen LogP contribution in [0, 0.1) is 5.92 Å². The van der Waals surface area contributed by atoms with Gasteiger partial charge >= 0.3 is 0 Å². The smallest absolute Gasteiger partial charge is 0.191 e. The maximum Gasteiger partial charge on any atom is 0.191 e. The summed E-state index contributed by atoms with van der Waals surface area (Å²) in [4.78, 5) is 4.27. The van der Waals surface area contributed by atoms with Gasteiger partial charge in [0.25, 0.3) is 0 Å². The van der Waals surface area contributed by atoms with Crippen LogP contribution >= 0.6 is 35.6 Å². The van der Waals surface area contributed by atoms with Gasteiger partial charge in [0.15, 0.2) is 5.96 Å². The molecule has 2 rings (SSSR count). The highest BCUT2D eigenvalue weighted by Gasteiger charge is 2.44. The fourth-order valence-electron chi connectivity index (χ4n) is 2.31. The second-order valence-electron chi connectivity index (χ2n) is 5.99. The number of guanidine groups is 1. The number of rotatable bonds is 5. The molecule has 1 fully saturated rings. The van der Waals surface area contributed by atoms with Crippen LogP contribution in [0.3, 0.4) is 0 Å². The number of hydrogen-bond donors (Lipinski definition) is 2. The van der Waals surface area contributed by atoms with Crippen LogP contribution in [-0.2, 0) is 5.41 Å². The summed E-state index contributed by atoms with van der Waals surface area (Å²) in [5.74, 6) is 1.49. The van der Waals surface area contributed by atoms with Gasteiger partial charge in [0.1, 0.15) is 0 Å². The van der Waals surface area contributed by atoms with E-state index >= 15 is 0 Å². The molecule has 1 saturated carbocycles. The molecule has 0 aromatic heterocycles. The van der Waals surface area contributed by atoms with E-state index in [9.17, 15) is 0 Å². The highest BCUT2D eigenvalue weighted by molar-refractivity contribution is 14.0. The molecule has 0 bridgehead atoms. The summed E-state index contributed by atoms with van der Waals surface area (Å²) in [5.41, 5.74) is 1.57. The molecule has 0 spiro atoms. The largest absolute Gasteiger partial charge is 0.356 e. The Hall–Kier alpha value is -0.490. The Morgan fingerprint density at radius 2 is 2.05 bits per heavy atom. The maximum atomic E-state index is 6.10. The van der Waals surface area contributed by atoms with E-state index in [-0.39, 0.29) is 29.4 Å². The predicted octanol–water partition coefficient (Wildman–Crippen LogP) is 3.81. The molecule has 2 N–H and O–H groups in total. The summed E-state index contributed by atoms with van der Waals surface area (Å²) in [6.07, 6.45) is 2.42. The average Bonchev–Trinajstić information content (AvgIpc) is 3.20. The lowest BCUT2D eigenvalue weighted by Crippen LogP contribution is -2.42. The van der Waals surface area contributed by atoms with Crippen molar-refractivity contribution in [3.63, 3.8) is 0 Å². The molecule has 0 amide bonds. The molecular formula is C16H25ClIN3. The molecule has 1 aromatic rings. The van der Waals surface area contributed by atoms with E-state index in [1.54, 1.807) is 0 Å². The highest BCUT2D eigenvalue weighted by atomic mass is 127. The van der Waals surface area contributed by atoms with Gasteiger partial charge in [-0.3, -0.25) is 4.99 Å². The summed E-state index contributed by atoms with van der Waals surface area (Å²) in [6, 6.07) is 8.21. The lowest BCUT2D eigenvalue weighted by atomic mass is 9.96. The van der Waals surface area contributed by atoms with Crippen molar-refractivity contribution in [2.45, 2.75) is 32.1 Å². The van der Waals surface area contributed by atoms with Crippen molar-refractivity contribution in [3.8, 4) is 0 Å². The molecule has 0 saturated heterocycles. The van der Waals surface area contributed by atoms with Gasteiger partial charge in [0, 0.05) is 30.6 Å². The third-order valence-corrected chi connectivity index (χ3v) is 4.02. The van der Waals surface area contributed by atoms with Crippen molar-refractivity contribution >= 4 is 41.5 Å². The van der Waals surface area contributed by atoms with Crippen molar-refractivity contribution in [2.24, 2.45) is 10.9 Å². The van der Waals surface area contributed by atoms with Crippen molar-refractivity contribution in [1.82, 2.24) is 10.6 Å². The molecule has 0 unspecified atom stereocenters. The minimum absolute atomic E-state index is 0. The van der Waals surface area contributed by atoms with Crippen LogP contribution in [0.5, 0.6) is 0 Å². The molecule has 0 heterocycles. The molecule has 0 aliphatic heterocycles. The Bertz CT molecular complexity index is 484. The quantitative estimate of drug-likeness (QED) is 0.431. The van der Waals surface area contributed by atoms with Crippen LogP contribution in [-0.4, -0.2) is 26.1 Å². The lowest BCUT2D eigenvalue weighted by Gasteiger charge is -2.19. The Morgan fingerprint density at radius 3 is 2.57 bits per heavy atom. The number of halogens is 2. The topological polar surface area (TPSA) is 36.4 Å². The van der Waals surface area contributed by atoms with Gasteiger partial charge in [-0.25, -0.2) is 0 Å². The van der Waals surface area contributed by atoms with E-state index < -0.39 is 0 Å². The monoisotopic (exact) mass is 421 g/mol. The molecule has 5 heteroatoms. The van der Waals surface area contributed by atoms with E-state index in [1.807, 2.05) is 19.2 Å². The molecule has 1 aliphatic carbocycles. The third kappa shape index (κ3) is 5.33. The molecule has 21 heavy (non-hydrogen) atoms. The predicted molar refractivity (Wildman–Crippen MR) is 102 cm³/mol. The number of benzene rings is 1. The Labute approximate surface area is 150 Å². The maximum absolute atomic E-state index is 6.10. The Kier molecular flexibility index (Phi) is 7.27. The van der Waals surface area contributed by atoms with Gasteiger partial charge in [-0.05, 0) is 36.5 Å². The van der Waals surface area contributed by atoms with Crippen molar-refractivity contribution in [3.05, 3.63) is 34.9 Å². The van der Waals surface area contributed by atoms with Crippen LogP contribution < -0.4 is 10.6 Å². The number of hydrogen-bond acceptors (Lipinski definition) is 1. The van der Waals surface area contributed by atoms with E-state index in [4.69, 9.17) is 11.6 Å². The molecule has 118 valence electrons. The summed E-state index contributed by atoms with van der Waals surface area (Å²) >= 11 is 6.10. The first kappa shape index (κ1) is 18.6. The van der Waals surface area contributed by atoms with Crippen LogP contribution in [0.25, 0.3) is 0 Å². The SMILES string of the molecule is CN=C(NCC(C)C)NCC1(c2cccc(Cl)c2)CC1.I. The zero-order valence-electron chi connectivity index (χ0n) is 12.9. The zero-order chi connectivity index (χ0) is 14.6. The van der Waals surface area contributed by atoms with Gasteiger partial charge in [-0.1, -0.05) is 37.6 Å². The third-order valence-electron chi connectivity index (χ3n) is 3.79. The fraction of sp³-hybridized carbons (Fsp3) is 0.562. The first-order valence-corrected chi connectivity index (χ1v) is 7.64. The van der Waals surface area contributed by atoms with Crippen LogP contribution in [0.4, 0.5) is 0 Å². The summed E-state index contributed by atoms with van der Waals surface area (Å²) in [7, 11) is 1.81. The van der Waals surface area contributed by atoms with Crippen LogP contribution in [0.15, 0.2) is 29.3 Å². The van der Waals surface area contributed by atoms with Crippen molar-refractivity contribution < 1.29 is 0 Å². The van der Waals surface area contributed by atoms with Gasteiger partial charge < -0.3 is 10.6 Å². The first-order valence-electron chi connectivity index (χ1n) is 7.26. The van der Waals surface area contributed by atoms with E-state index in [2.05, 4.69) is 41.6 Å². The number of nitrogens with zero attached hydrogens (tertiary/aromatic N) is 1. The van der Waals surface area contributed by atoms with Crippen LogP contribution in [0.1, 0.15) is 32.3 Å². The molecule has 0 radical (unpaired) electrons. The average molecular weight is 422 g/mol. The van der Waals surface area contributed by atoms with Gasteiger partial charge in [-0.2, -0.15) is 0 Å².